The second-order valence-electron chi connectivity index (χ2n) is 8.72. The van der Waals surface area contributed by atoms with Gasteiger partial charge in [0, 0.05) is 29.5 Å². The van der Waals surface area contributed by atoms with E-state index in [1.54, 1.807) is 16.8 Å². The van der Waals surface area contributed by atoms with Crippen molar-refractivity contribution in [3.8, 4) is 28.8 Å². The second kappa shape index (κ2) is 8.63. The summed E-state index contributed by atoms with van der Waals surface area (Å²) in [7, 11) is 0. The van der Waals surface area contributed by atoms with Crippen molar-refractivity contribution in [3.05, 3.63) is 72.1 Å². The number of anilines is 1. The maximum Gasteiger partial charge on any atom is 0.213 e. The maximum atomic E-state index is 14.3. The largest absolute Gasteiger partial charge is 0.474 e. The summed E-state index contributed by atoms with van der Waals surface area (Å²) < 4.78 is 36.3. The first kappa shape index (κ1) is 22.5. The van der Waals surface area contributed by atoms with Crippen LogP contribution in [0.1, 0.15) is 37.2 Å². The average Bonchev–Trinajstić information content (AvgIpc) is 3.44. The van der Waals surface area contributed by atoms with Gasteiger partial charge in [0.1, 0.15) is 52.9 Å². The molecule has 5 aromatic rings. The van der Waals surface area contributed by atoms with Crippen LogP contribution in [0.5, 0.6) is 5.88 Å². The van der Waals surface area contributed by atoms with Gasteiger partial charge < -0.3 is 15.0 Å². The number of benzene rings is 1. The van der Waals surface area contributed by atoms with Crippen LogP contribution in [-0.2, 0) is 0 Å². The molecule has 1 fully saturated rings. The number of nitrogen functional groups attached to an aromatic ring is 1. The fraction of sp³-hybridized carbons (Fsp3) is 0.200. The lowest BCUT2D eigenvalue weighted by atomic mass is 10.1. The summed E-state index contributed by atoms with van der Waals surface area (Å²) in [6, 6.07) is 8.46. The Bertz CT molecular complexity index is 1680. The van der Waals surface area contributed by atoms with Crippen LogP contribution >= 0.6 is 0 Å². The van der Waals surface area contributed by atoms with Crippen LogP contribution in [0.25, 0.3) is 27.8 Å². The van der Waals surface area contributed by atoms with E-state index < -0.39 is 17.7 Å². The minimum absolute atomic E-state index is 0.0389. The number of pyridine rings is 1. The van der Waals surface area contributed by atoms with Crippen LogP contribution in [0, 0.1) is 23.0 Å². The molecular weight excluding hydrogens is 480 g/mol. The minimum Gasteiger partial charge on any atom is -0.474 e. The topological polar surface area (TPSA) is 133 Å². The molecule has 1 saturated carbocycles. The van der Waals surface area contributed by atoms with E-state index in [2.05, 4.69) is 31.3 Å². The van der Waals surface area contributed by atoms with E-state index in [1.165, 1.54) is 23.3 Å². The van der Waals surface area contributed by atoms with E-state index in [1.807, 2.05) is 13.0 Å². The molecule has 1 atom stereocenters. The van der Waals surface area contributed by atoms with Crippen molar-refractivity contribution < 1.29 is 13.5 Å². The van der Waals surface area contributed by atoms with Crippen molar-refractivity contribution in [3.63, 3.8) is 0 Å². The van der Waals surface area contributed by atoms with Crippen molar-refractivity contribution in [2.75, 3.05) is 5.73 Å². The monoisotopic (exact) mass is 499 g/mol. The molecule has 4 aromatic heterocycles. The Hall–Kier alpha value is -4.92. The molecule has 12 heteroatoms. The van der Waals surface area contributed by atoms with Gasteiger partial charge in [-0.2, -0.15) is 5.26 Å². The average molecular weight is 499 g/mol. The van der Waals surface area contributed by atoms with Crippen LogP contribution < -0.4 is 10.5 Å². The zero-order chi connectivity index (χ0) is 25.7. The minimum atomic E-state index is -0.780. The molecule has 0 unspecified atom stereocenters. The molecule has 0 radical (unpaired) electrons. The number of hydrogen-bond donors (Lipinski definition) is 1. The van der Waals surface area contributed by atoms with Gasteiger partial charge in [0.2, 0.25) is 5.88 Å². The molecule has 1 aliphatic rings. The number of fused-ring (bicyclic) bond motifs is 1. The Labute approximate surface area is 209 Å². The van der Waals surface area contributed by atoms with Crippen LogP contribution in [0.2, 0.25) is 0 Å². The summed E-state index contributed by atoms with van der Waals surface area (Å²) >= 11 is 0. The molecule has 10 nitrogen and oxygen atoms in total. The van der Waals surface area contributed by atoms with E-state index in [-0.39, 0.29) is 23.3 Å². The van der Waals surface area contributed by atoms with Crippen molar-refractivity contribution in [1.82, 2.24) is 34.5 Å². The number of nitriles is 1. The van der Waals surface area contributed by atoms with Gasteiger partial charge in [0.05, 0.1) is 17.6 Å². The first-order chi connectivity index (χ1) is 17.9. The predicted molar refractivity (Wildman–Crippen MR) is 129 cm³/mol. The number of hydrogen-bond acceptors (Lipinski definition) is 8. The van der Waals surface area contributed by atoms with Crippen molar-refractivity contribution in [1.29, 1.82) is 5.26 Å². The molecule has 4 heterocycles. The summed E-state index contributed by atoms with van der Waals surface area (Å²) in [6.07, 6.45) is 6.70. The highest BCUT2D eigenvalue weighted by molar-refractivity contribution is 6.03. The van der Waals surface area contributed by atoms with E-state index in [0.29, 0.717) is 33.7 Å². The number of rotatable bonds is 6. The van der Waals surface area contributed by atoms with Crippen molar-refractivity contribution >= 4 is 16.9 Å². The Kier molecular flexibility index (Phi) is 5.26. The highest BCUT2D eigenvalue weighted by atomic mass is 19.1. The van der Waals surface area contributed by atoms with Gasteiger partial charge in [-0.1, -0.05) is 5.21 Å². The molecule has 0 aliphatic heterocycles. The van der Waals surface area contributed by atoms with Crippen molar-refractivity contribution in [2.24, 2.45) is 0 Å². The third-order valence-electron chi connectivity index (χ3n) is 6.24. The van der Waals surface area contributed by atoms with Crippen LogP contribution in [0.4, 0.5) is 14.6 Å². The molecule has 184 valence electrons. The highest BCUT2D eigenvalue weighted by Crippen LogP contribution is 2.39. The lowest BCUT2D eigenvalue weighted by Crippen LogP contribution is -2.10. The lowest BCUT2D eigenvalue weighted by molar-refractivity contribution is 0.291. The van der Waals surface area contributed by atoms with Gasteiger partial charge >= 0.3 is 0 Å². The molecule has 37 heavy (non-hydrogen) atoms. The van der Waals surface area contributed by atoms with Gasteiger partial charge in [-0.3, -0.25) is 0 Å². The molecule has 1 aromatic carbocycles. The van der Waals surface area contributed by atoms with Crippen LogP contribution in [0.3, 0.4) is 0 Å². The van der Waals surface area contributed by atoms with E-state index >= 15 is 0 Å². The molecule has 0 saturated heterocycles. The SMILES string of the molecule is C[C@@H](c1cn(-c2ccc(F)cc2F)nn1)n1c(C#N)c(-c2ccc(OC3CC3)nc2)c2c(N)ncnc21. The molecule has 1 aliphatic carbocycles. The Morgan fingerprint density at radius 3 is 2.70 bits per heavy atom. The van der Waals surface area contributed by atoms with Crippen LogP contribution in [0.15, 0.2) is 49.1 Å². The summed E-state index contributed by atoms with van der Waals surface area (Å²) in [5.74, 6) is -0.759. The zero-order valence-corrected chi connectivity index (χ0v) is 19.5. The quantitative estimate of drug-likeness (QED) is 0.371. The molecule has 0 amide bonds. The summed E-state index contributed by atoms with van der Waals surface area (Å²) in [6.45, 7) is 1.81. The van der Waals surface area contributed by atoms with E-state index in [9.17, 15) is 14.0 Å². The van der Waals surface area contributed by atoms with Gasteiger partial charge in [-0.15, -0.1) is 5.10 Å². The number of halogens is 2. The predicted octanol–water partition coefficient (Wildman–Crippen LogP) is 3.96. The molecule has 6 rings (SSSR count). The maximum absolute atomic E-state index is 14.3. The Morgan fingerprint density at radius 2 is 2.00 bits per heavy atom. The molecule has 0 spiro atoms. The van der Waals surface area contributed by atoms with Gasteiger partial charge in [0.15, 0.2) is 5.82 Å². The number of aromatic nitrogens is 7. The van der Waals surface area contributed by atoms with Crippen LogP contribution in [-0.4, -0.2) is 40.6 Å². The fourth-order valence-corrected chi connectivity index (χ4v) is 4.26. The first-order valence-corrected chi connectivity index (χ1v) is 11.5. The molecule has 2 N–H and O–H groups in total. The highest BCUT2D eigenvalue weighted by Gasteiger charge is 2.28. The number of nitrogens with two attached hydrogens (primary N) is 1. The third kappa shape index (κ3) is 3.90. The van der Waals surface area contributed by atoms with E-state index in [4.69, 9.17) is 10.5 Å². The second-order valence-corrected chi connectivity index (χ2v) is 8.72. The summed E-state index contributed by atoms with van der Waals surface area (Å²) in [5.41, 5.74) is 8.60. The van der Waals surface area contributed by atoms with Gasteiger partial charge in [-0.05, 0) is 38.0 Å². The number of ether oxygens (including phenoxy) is 1. The molecular formula is C25H19F2N9O. The normalized spacial score (nSPS) is 14.0. The lowest BCUT2D eigenvalue weighted by Gasteiger charge is -2.13. The summed E-state index contributed by atoms with van der Waals surface area (Å²) in [4.78, 5) is 13.0. The number of nitrogens with zero attached hydrogens (tertiary/aromatic N) is 8. The Balaban J connectivity index is 1.46. The smallest absolute Gasteiger partial charge is 0.213 e. The third-order valence-corrected chi connectivity index (χ3v) is 6.24. The standard InChI is InChI=1S/C25H19F2N9O/c1-13(18-11-35(34-33-18)19-6-3-15(26)8-17(19)27)36-20(9-28)22(23-24(29)31-12-32-25(23)36)14-2-7-21(30-10-14)37-16-4-5-16/h2-3,6-8,10-13,16H,4-5H2,1H3,(H2,29,31,32)/t13-/m0/s1. The fourth-order valence-electron chi connectivity index (χ4n) is 4.26. The summed E-state index contributed by atoms with van der Waals surface area (Å²) in [5, 5.41) is 18.9. The first-order valence-electron chi connectivity index (χ1n) is 11.5. The van der Waals surface area contributed by atoms with E-state index in [0.717, 1.165) is 25.0 Å². The zero-order valence-electron chi connectivity index (χ0n) is 19.5. The van der Waals surface area contributed by atoms with Gasteiger partial charge in [0.25, 0.3) is 0 Å². The van der Waals surface area contributed by atoms with Crippen molar-refractivity contribution in [2.45, 2.75) is 31.9 Å². The Morgan fingerprint density at radius 1 is 1.16 bits per heavy atom. The van der Waals surface area contributed by atoms with Gasteiger partial charge in [-0.25, -0.2) is 28.4 Å². The molecule has 0 bridgehead atoms.